The predicted molar refractivity (Wildman–Crippen MR) is 104 cm³/mol. The molecule has 0 unspecified atom stereocenters. The van der Waals surface area contributed by atoms with Crippen LogP contribution in [0.2, 0.25) is 0 Å². The lowest BCUT2D eigenvalue weighted by atomic mass is 9.97. The van der Waals surface area contributed by atoms with Gasteiger partial charge in [-0.15, -0.1) is 0 Å². The Morgan fingerprint density at radius 3 is 2.43 bits per heavy atom. The minimum atomic E-state index is -0.335. The second-order valence-electron chi connectivity index (χ2n) is 7.01. The van der Waals surface area contributed by atoms with E-state index in [-0.39, 0.29) is 24.2 Å². The number of hydrogen-bond donors (Lipinski definition) is 1. The van der Waals surface area contributed by atoms with Crippen LogP contribution < -0.4 is 10.1 Å². The number of piperidine rings is 1. The van der Waals surface area contributed by atoms with Gasteiger partial charge in [-0.25, -0.2) is 9.18 Å². The SMILES string of the molecule is O=C(CCc1ccccc1F)NCC1CCN(C(=O)Oc2ccccc2)CC1. The summed E-state index contributed by atoms with van der Waals surface area (Å²) in [7, 11) is 0. The van der Waals surface area contributed by atoms with Crippen molar-refractivity contribution >= 4 is 12.0 Å². The zero-order valence-electron chi connectivity index (χ0n) is 15.8. The van der Waals surface area contributed by atoms with Crippen molar-refractivity contribution in [3.63, 3.8) is 0 Å². The highest BCUT2D eigenvalue weighted by Gasteiger charge is 2.24. The molecule has 1 fully saturated rings. The molecule has 0 bridgehead atoms. The third-order valence-corrected chi connectivity index (χ3v) is 4.99. The second kappa shape index (κ2) is 9.88. The molecule has 3 rings (SSSR count). The van der Waals surface area contributed by atoms with Gasteiger partial charge in [0.15, 0.2) is 0 Å². The Morgan fingerprint density at radius 1 is 1.04 bits per heavy atom. The van der Waals surface area contributed by atoms with Gasteiger partial charge in [0.2, 0.25) is 5.91 Å². The molecule has 5 nitrogen and oxygen atoms in total. The Hall–Kier alpha value is -2.89. The number of carbonyl (C=O) groups excluding carboxylic acids is 2. The molecule has 0 radical (unpaired) electrons. The van der Waals surface area contributed by atoms with Gasteiger partial charge in [-0.1, -0.05) is 36.4 Å². The van der Waals surface area contributed by atoms with Gasteiger partial charge in [0.1, 0.15) is 11.6 Å². The molecule has 28 heavy (non-hydrogen) atoms. The number of hydrogen-bond acceptors (Lipinski definition) is 3. The van der Waals surface area contributed by atoms with Crippen molar-refractivity contribution < 1.29 is 18.7 Å². The van der Waals surface area contributed by atoms with Gasteiger partial charge in [-0.2, -0.15) is 0 Å². The van der Waals surface area contributed by atoms with Crippen molar-refractivity contribution in [2.24, 2.45) is 5.92 Å². The molecule has 6 heteroatoms. The van der Waals surface area contributed by atoms with Gasteiger partial charge in [-0.3, -0.25) is 4.79 Å². The van der Waals surface area contributed by atoms with Crippen LogP contribution in [-0.2, 0) is 11.2 Å². The fourth-order valence-electron chi connectivity index (χ4n) is 3.27. The van der Waals surface area contributed by atoms with Crippen LogP contribution in [0.3, 0.4) is 0 Å². The largest absolute Gasteiger partial charge is 0.415 e. The molecule has 1 heterocycles. The van der Waals surface area contributed by atoms with Crippen molar-refractivity contribution in [3.8, 4) is 5.75 Å². The summed E-state index contributed by atoms with van der Waals surface area (Å²) in [5, 5.41) is 2.93. The highest BCUT2D eigenvalue weighted by Crippen LogP contribution is 2.18. The highest BCUT2D eigenvalue weighted by atomic mass is 19.1. The number of para-hydroxylation sites is 1. The zero-order chi connectivity index (χ0) is 19.8. The molecule has 2 aromatic carbocycles. The van der Waals surface area contributed by atoms with Crippen LogP contribution in [0.4, 0.5) is 9.18 Å². The Balaban J connectivity index is 1.34. The molecule has 0 saturated carbocycles. The minimum absolute atomic E-state index is 0.0748. The Kier molecular flexibility index (Phi) is 7.00. The number of aryl methyl sites for hydroxylation is 1. The van der Waals surface area contributed by atoms with Gasteiger partial charge in [-0.05, 0) is 48.9 Å². The number of benzene rings is 2. The first-order valence-electron chi connectivity index (χ1n) is 9.63. The summed E-state index contributed by atoms with van der Waals surface area (Å²) in [5.41, 5.74) is 0.558. The molecular weight excluding hydrogens is 359 g/mol. The number of carbonyl (C=O) groups is 2. The van der Waals surface area contributed by atoms with Gasteiger partial charge < -0.3 is 15.0 Å². The summed E-state index contributed by atoms with van der Waals surface area (Å²) >= 11 is 0. The smallest absolute Gasteiger partial charge is 0.410 e. The summed E-state index contributed by atoms with van der Waals surface area (Å²) < 4.78 is 18.9. The van der Waals surface area contributed by atoms with Crippen molar-refractivity contribution in [3.05, 3.63) is 66.0 Å². The van der Waals surface area contributed by atoms with E-state index < -0.39 is 0 Å². The molecular formula is C22H25FN2O3. The van der Waals surface area contributed by atoms with E-state index in [0.717, 1.165) is 12.8 Å². The highest BCUT2D eigenvalue weighted by molar-refractivity contribution is 5.76. The van der Waals surface area contributed by atoms with E-state index in [9.17, 15) is 14.0 Å². The lowest BCUT2D eigenvalue weighted by Gasteiger charge is -2.31. The van der Waals surface area contributed by atoms with E-state index in [1.165, 1.54) is 6.07 Å². The van der Waals surface area contributed by atoms with Gasteiger partial charge in [0.25, 0.3) is 0 Å². The van der Waals surface area contributed by atoms with E-state index in [1.807, 2.05) is 18.2 Å². The maximum atomic E-state index is 13.6. The fourth-order valence-corrected chi connectivity index (χ4v) is 3.27. The summed E-state index contributed by atoms with van der Waals surface area (Å²) in [6, 6.07) is 15.5. The molecule has 1 aliphatic rings. The third-order valence-electron chi connectivity index (χ3n) is 4.99. The number of ether oxygens (including phenoxy) is 1. The molecule has 0 atom stereocenters. The van der Waals surface area contributed by atoms with E-state index in [2.05, 4.69) is 5.32 Å². The number of likely N-dealkylation sites (tertiary alicyclic amines) is 1. The molecule has 0 aromatic heterocycles. The molecule has 1 N–H and O–H groups in total. The van der Waals surface area contributed by atoms with Crippen molar-refractivity contribution in [2.45, 2.75) is 25.7 Å². The normalized spacial score (nSPS) is 14.5. The summed E-state index contributed by atoms with van der Waals surface area (Å²) in [4.78, 5) is 25.9. The van der Waals surface area contributed by atoms with Crippen molar-refractivity contribution in [2.75, 3.05) is 19.6 Å². The zero-order valence-corrected chi connectivity index (χ0v) is 15.8. The number of nitrogens with zero attached hydrogens (tertiary/aromatic N) is 1. The molecule has 1 saturated heterocycles. The van der Waals surface area contributed by atoms with Crippen molar-refractivity contribution in [1.29, 1.82) is 0 Å². The van der Waals surface area contributed by atoms with Crippen LogP contribution in [0.15, 0.2) is 54.6 Å². The van der Waals surface area contributed by atoms with Crippen molar-refractivity contribution in [1.82, 2.24) is 10.2 Å². The van der Waals surface area contributed by atoms with Crippen LogP contribution >= 0.6 is 0 Å². The molecule has 0 aliphatic carbocycles. The van der Waals surface area contributed by atoms with E-state index in [1.54, 1.807) is 35.2 Å². The summed E-state index contributed by atoms with van der Waals surface area (Å²) in [6.45, 7) is 1.81. The first-order chi connectivity index (χ1) is 13.6. The third kappa shape index (κ3) is 5.81. The molecule has 1 aliphatic heterocycles. The number of halogens is 1. The van der Waals surface area contributed by atoms with Crippen LogP contribution in [0.25, 0.3) is 0 Å². The van der Waals surface area contributed by atoms with E-state index in [4.69, 9.17) is 4.74 Å². The van der Waals surface area contributed by atoms with E-state index >= 15 is 0 Å². The number of rotatable bonds is 6. The monoisotopic (exact) mass is 384 g/mol. The second-order valence-corrected chi connectivity index (χ2v) is 7.01. The lowest BCUT2D eigenvalue weighted by molar-refractivity contribution is -0.121. The first-order valence-corrected chi connectivity index (χ1v) is 9.63. The standard InChI is InChI=1S/C22H25FN2O3/c23-20-9-5-4-6-18(20)10-11-21(26)24-16-17-12-14-25(15-13-17)22(27)28-19-7-2-1-3-8-19/h1-9,17H,10-16H2,(H,24,26). The number of amides is 2. The Bertz CT molecular complexity index is 789. The lowest BCUT2D eigenvalue weighted by Crippen LogP contribution is -2.42. The molecule has 2 aromatic rings. The average Bonchev–Trinajstić information content (AvgIpc) is 2.73. The average molecular weight is 384 g/mol. The minimum Gasteiger partial charge on any atom is -0.410 e. The predicted octanol–water partition coefficient (Wildman–Crippen LogP) is 3.79. The van der Waals surface area contributed by atoms with Crippen LogP contribution in [0, 0.1) is 11.7 Å². The Morgan fingerprint density at radius 2 is 1.71 bits per heavy atom. The van der Waals surface area contributed by atoms with Gasteiger partial charge >= 0.3 is 6.09 Å². The number of nitrogens with one attached hydrogen (secondary N) is 1. The maximum Gasteiger partial charge on any atom is 0.415 e. The quantitative estimate of drug-likeness (QED) is 0.824. The summed E-state index contributed by atoms with van der Waals surface area (Å²) in [5.74, 6) is 0.522. The molecule has 148 valence electrons. The first kappa shape index (κ1) is 19.9. The van der Waals surface area contributed by atoms with Crippen LogP contribution in [-0.4, -0.2) is 36.5 Å². The summed E-state index contributed by atoms with van der Waals surface area (Å²) in [6.07, 6.45) is 1.96. The van der Waals surface area contributed by atoms with E-state index in [0.29, 0.717) is 43.3 Å². The molecule has 0 spiro atoms. The fraction of sp³-hybridized carbons (Fsp3) is 0.364. The maximum absolute atomic E-state index is 13.6. The van der Waals surface area contributed by atoms with Gasteiger partial charge in [0.05, 0.1) is 0 Å². The Labute approximate surface area is 164 Å². The van der Waals surface area contributed by atoms with Crippen LogP contribution in [0.5, 0.6) is 5.75 Å². The molecule has 2 amide bonds. The van der Waals surface area contributed by atoms with Crippen LogP contribution in [0.1, 0.15) is 24.8 Å². The topological polar surface area (TPSA) is 58.6 Å². The van der Waals surface area contributed by atoms with Gasteiger partial charge in [0, 0.05) is 26.1 Å².